The molecule has 0 fully saturated rings. The fourth-order valence-electron chi connectivity index (χ4n) is 2.81. The summed E-state index contributed by atoms with van der Waals surface area (Å²) in [5.74, 6) is 1.42. The molecule has 2 aromatic rings. The number of para-hydroxylation sites is 1. The number of hydrogen-bond donors (Lipinski definition) is 1. The lowest BCUT2D eigenvalue weighted by atomic mass is 10.0. The van der Waals surface area contributed by atoms with E-state index in [0.717, 1.165) is 17.4 Å². The number of fused-ring (bicyclic) bond motifs is 1. The maximum Gasteiger partial charge on any atom is 0.251 e. The molecule has 1 aliphatic rings. The third kappa shape index (κ3) is 2.97. The number of hydrogen-bond acceptors (Lipinski definition) is 5. The van der Waals surface area contributed by atoms with Gasteiger partial charge in [-0.25, -0.2) is 4.68 Å². The molecule has 0 radical (unpaired) electrons. The predicted octanol–water partition coefficient (Wildman–Crippen LogP) is 1.76. The van der Waals surface area contributed by atoms with Gasteiger partial charge in [0.25, 0.3) is 5.91 Å². The highest BCUT2D eigenvalue weighted by Crippen LogP contribution is 2.32. The minimum absolute atomic E-state index is 0.107. The average molecular weight is 327 g/mol. The van der Waals surface area contributed by atoms with E-state index in [1.807, 2.05) is 56.1 Å². The van der Waals surface area contributed by atoms with Gasteiger partial charge in [-0.3, -0.25) is 4.79 Å². The highest BCUT2D eigenvalue weighted by atomic mass is 16.5. The number of nitrogens with zero attached hydrogens (tertiary/aromatic N) is 4. The summed E-state index contributed by atoms with van der Waals surface area (Å²) < 4.78 is 7.35. The van der Waals surface area contributed by atoms with Crippen molar-refractivity contribution in [3.05, 3.63) is 47.9 Å². The zero-order valence-corrected chi connectivity index (χ0v) is 14.1. The first-order valence-corrected chi connectivity index (χ1v) is 7.89. The van der Waals surface area contributed by atoms with E-state index in [4.69, 9.17) is 4.74 Å². The SMILES string of the molecule is CC1=C(C(=O)NCCOc2ccccc2)C(C)n2ncnc2N1C. The van der Waals surface area contributed by atoms with Crippen molar-refractivity contribution in [2.45, 2.75) is 19.9 Å². The zero-order valence-electron chi connectivity index (χ0n) is 14.1. The Balaban J connectivity index is 1.61. The minimum atomic E-state index is -0.159. The molecule has 2 heterocycles. The molecule has 3 rings (SSSR count). The molecule has 1 amide bonds. The highest BCUT2D eigenvalue weighted by Gasteiger charge is 2.31. The molecule has 0 spiro atoms. The van der Waals surface area contributed by atoms with E-state index in [0.29, 0.717) is 18.7 Å². The summed E-state index contributed by atoms with van der Waals surface area (Å²) in [6, 6.07) is 9.38. The van der Waals surface area contributed by atoms with Gasteiger partial charge in [-0.2, -0.15) is 10.1 Å². The van der Waals surface area contributed by atoms with Crippen LogP contribution in [0.2, 0.25) is 0 Å². The van der Waals surface area contributed by atoms with E-state index >= 15 is 0 Å². The lowest BCUT2D eigenvalue weighted by Crippen LogP contribution is -2.38. The second kappa shape index (κ2) is 6.74. The first-order valence-electron chi connectivity index (χ1n) is 7.89. The van der Waals surface area contributed by atoms with E-state index in [-0.39, 0.29) is 11.9 Å². The number of amides is 1. The first-order chi connectivity index (χ1) is 11.6. The molecule has 0 bridgehead atoms. The maximum atomic E-state index is 12.6. The molecule has 126 valence electrons. The van der Waals surface area contributed by atoms with Gasteiger partial charge < -0.3 is 15.0 Å². The Kier molecular flexibility index (Phi) is 4.50. The van der Waals surface area contributed by atoms with Crippen molar-refractivity contribution in [2.24, 2.45) is 0 Å². The Morgan fingerprint density at radius 3 is 2.83 bits per heavy atom. The summed E-state index contributed by atoms with van der Waals surface area (Å²) >= 11 is 0. The van der Waals surface area contributed by atoms with Crippen molar-refractivity contribution in [3.8, 4) is 5.75 Å². The van der Waals surface area contributed by atoms with Crippen LogP contribution in [0.25, 0.3) is 0 Å². The molecule has 1 aromatic heterocycles. The quantitative estimate of drug-likeness (QED) is 0.847. The van der Waals surface area contributed by atoms with Gasteiger partial charge in [-0.15, -0.1) is 0 Å². The molecule has 1 atom stereocenters. The lowest BCUT2D eigenvalue weighted by Gasteiger charge is -2.31. The van der Waals surface area contributed by atoms with Gasteiger partial charge in [0.05, 0.1) is 18.2 Å². The molecule has 7 heteroatoms. The zero-order chi connectivity index (χ0) is 17.1. The number of aromatic nitrogens is 3. The topological polar surface area (TPSA) is 72.3 Å². The molecule has 7 nitrogen and oxygen atoms in total. The number of carbonyl (C=O) groups is 1. The minimum Gasteiger partial charge on any atom is -0.492 e. The van der Waals surface area contributed by atoms with Crippen molar-refractivity contribution in [1.82, 2.24) is 20.1 Å². The average Bonchev–Trinajstić information content (AvgIpc) is 3.08. The maximum absolute atomic E-state index is 12.6. The summed E-state index contributed by atoms with van der Waals surface area (Å²) in [5.41, 5.74) is 1.57. The van der Waals surface area contributed by atoms with E-state index in [2.05, 4.69) is 15.4 Å². The van der Waals surface area contributed by atoms with Crippen LogP contribution in [0.3, 0.4) is 0 Å². The van der Waals surface area contributed by atoms with Crippen LogP contribution in [-0.2, 0) is 4.79 Å². The van der Waals surface area contributed by atoms with E-state index in [9.17, 15) is 4.79 Å². The van der Waals surface area contributed by atoms with Crippen LogP contribution in [0, 0.1) is 0 Å². The number of ether oxygens (including phenoxy) is 1. The number of nitrogens with one attached hydrogen (secondary N) is 1. The number of carbonyl (C=O) groups excluding carboxylic acids is 1. The van der Waals surface area contributed by atoms with Gasteiger partial charge in [0, 0.05) is 12.7 Å². The Labute approximate surface area is 140 Å². The number of rotatable bonds is 5. The highest BCUT2D eigenvalue weighted by molar-refractivity contribution is 5.96. The van der Waals surface area contributed by atoms with Crippen molar-refractivity contribution in [2.75, 3.05) is 25.1 Å². The predicted molar refractivity (Wildman–Crippen MR) is 90.8 cm³/mol. The summed E-state index contributed by atoms with van der Waals surface area (Å²) in [6.45, 7) is 4.72. The van der Waals surface area contributed by atoms with Crippen molar-refractivity contribution in [3.63, 3.8) is 0 Å². The van der Waals surface area contributed by atoms with Crippen LogP contribution in [0.15, 0.2) is 47.9 Å². The van der Waals surface area contributed by atoms with Crippen molar-refractivity contribution < 1.29 is 9.53 Å². The summed E-state index contributed by atoms with van der Waals surface area (Å²) in [7, 11) is 1.88. The van der Waals surface area contributed by atoms with Gasteiger partial charge in [-0.05, 0) is 26.0 Å². The van der Waals surface area contributed by atoms with Crippen molar-refractivity contribution >= 4 is 11.9 Å². The first kappa shape index (κ1) is 16.0. The number of allylic oxidation sites excluding steroid dienone is 1. The van der Waals surface area contributed by atoms with Crippen LogP contribution in [0.5, 0.6) is 5.75 Å². The van der Waals surface area contributed by atoms with Gasteiger partial charge in [0.2, 0.25) is 5.95 Å². The molecule has 1 aromatic carbocycles. The molecular formula is C17H21N5O2. The molecule has 0 saturated heterocycles. The Morgan fingerprint density at radius 2 is 2.08 bits per heavy atom. The Hall–Kier alpha value is -2.83. The lowest BCUT2D eigenvalue weighted by molar-refractivity contribution is -0.118. The number of anilines is 1. The second-order valence-electron chi connectivity index (χ2n) is 5.66. The van der Waals surface area contributed by atoms with Crippen molar-refractivity contribution in [1.29, 1.82) is 0 Å². The van der Waals surface area contributed by atoms with Crippen LogP contribution >= 0.6 is 0 Å². The summed E-state index contributed by atoms with van der Waals surface area (Å²) in [5, 5.41) is 7.13. The smallest absolute Gasteiger partial charge is 0.251 e. The van der Waals surface area contributed by atoms with Crippen LogP contribution in [-0.4, -0.2) is 40.9 Å². The van der Waals surface area contributed by atoms with Gasteiger partial charge in [-0.1, -0.05) is 18.2 Å². The standard InChI is InChI=1S/C17H21N5O2/c1-12-15(13(2)22-17(21(12)3)19-11-20-22)16(23)18-9-10-24-14-7-5-4-6-8-14/h4-8,11,13H,9-10H2,1-3H3,(H,18,23). The third-order valence-electron chi connectivity index (χ3n) is 4.18. The molecule has 0 aliphatic carbocycles. The summed E-state index contributed by atoms with van der Waals surface area (Å²) in [6.07, 6.45) is 1.50. The molecule has 1 aliphatic heterocycles. The molecule has 1 N–H and O–H groups in total. The Morgan fingerprint density at radius 1 is 1.33 bits per heavy atom. The van der Waals surface area contributed by atoms with Crippen LogP contribution in [0.1, 0.15) is 19.9 Å². The molecule has 24 heavy (non-hydrogen) atoms. The summed E-state index contributed by atoms with van der Waals surface area (Å²) in [4.78, 5) is 18.7. The molecule has 1 unspecified atom stereocenters. The number of benzene rings is 1. The third-order valence-corrected chi connectivity index (χ3v) is 4.18. The van der Waals surface area contributed by atoms with Gasteiger partial charge in [0.1, 0.15) is 18.7 Å². The molecule has 0 saturated carbocycles. The van der Waals surface area contributed by atoms with Crippen LogP contribution < -0.4 is 15.0 Å². The fourth-order valence-corrected chi connectivity index (χ4v) is 2.81. The second-order valence-corrected chi connectivity index (χ2v) is 5.66. The molecular weight excluding hydrogens is 306 g/mol. The largest absolute Gasteiger partial charge is 0.492 e. The van der Waals surface area contributed by atoms with Crippen LogP contribution in [0.4, 0.5) is 5.95 Å². The van der Waals surface area contributed by atoms with E-state index in [1.165, 1.54) is 6.33 Å². The van der Waals surface area contributed by atoms with E-state index < -0.39 is 0 Å². The fraction of sp³-hybridized carbons (Fsp3) is 0.353. The van der Waals surface area contributed by atoms with Gasteiger partial charge in [0.15, 0.2) is 0 Å². The Bertz CT molecular complexity index is 753. The normalized spacial score (nSPS) is 16.8. The van der Waals surface area contributed by atoms with Gasteiger partial charge >= 0.3 is 0 Å². The monoisotopic (exact) mass is 327 g/mol. The van der Waals surface area contributed by atoms with E-state index in [1.54, 1.807) is 4.68 Å².